The Hall–Kier alpha value is -2.55. The second-order valence-electron chi connectivity index (χ2n) is 9.79. The van der Waals surface area contributed by atoms with Gasteiger partial charge in [-0.1, -0.05) is 32.0 Å². The van der Waals surface area contributed by atoms with E-state index in [0.717, 1.165) is 39.2 Å². The van der Waals surface area contributed by atoms with Gasteiger partial charge in [-0.05, 0) is 68.5 Å². The van der Waals surface area contributed by atoms with Crippen LogP contribution >= 0.6 is 11.3 Å². The van der Waals surface area contributed by atoms with E-state index in [9.17, 15) is 8.42 Å². The van der Waals surface area contributed by atoms with E-state index in [1.807, 2.05) is 61.7 Å². The summed E-state index contributed by atoms with van der Waals surface area (Å²) in [4.78, 5) is 9.94. The Bertz CT molecular complexity index is 1380. The highest BCUT2D eigenvalue weighted by molar-refractivity contribution is 7.91. The van der Waals surface area contributed by atoms with Gasteiger partial charge in [-0.25, -0.2) is 23.1 Å². The van der Waals surface area contributed by atoms with Crippen LogP contribution in [0.25, 0.3) is 22.3 Å². The summed E-state index contributed by atoms with van der Waals surface area (Å²) in [7, 11) is -3.66. The zero-order chi connectivity index (χ0) is 23.8. The van der Waals surface area contributed by atoms with Gasteiger partial charge in [-0.3, -0.25) is 0 Å². The Morgan fingerprint density at radius 1 is 1.09 bits per heavy atom. The quantitative estimate of drug-likeness (QED) is 0.378. The second kappa shape index (κ2) is 9.00. The maximum absolute atomic E-state index is 13.3. The summed E-state index contributed by atoms with van der Waals surface area (Å²) in [6, 6.07) is 13.9. The largest absolute Gasteiger partial charge is 0.311 e. The average molecular weight is 483 g/mol. The Labute approximate surface area is 199 Å². The van der Waals surface area contributed by atoms with Gasteiger partial charge in [-0.15, -0.1) is 11.3 Å². The third-order valence-corrected chi connectivity index (χ3v) is 8.46. The first-order chi connectivity index (χ1) is 15.5. The Balaban J connectivity index is 1.74. The lowest BCUT2D eigenvalue weighted by atomic mass is 10.0. The number of nitrogens with one attached hydrogen (secondary N) is 1. The highest BCUT2D eigenvalue weighted by Crippen LogP contribution is 2.37. The van der Waals surface area contributed by atoms with Crippen molar-refractivity contribution >= 4 is 32.5 Å². The fourth-order valence-corrected chi connectivity index (χ4v) is 7.19. The first-order valence-corrected chi connectivity index (χ1v) is 13.3. The summed E-state index contributed by atoms with van der Waals surface area (Å²) in [5.74, 6) is 0.441. The van der Waals surface area contributed by atoms with Crippen molar-refractivity contribution in [2.24, 2.45) is 5.92 Å². The number of fused-ring (bicyclic) bond motifs is 1. The monoisotopic (exact) mass is 482 g/mol. The van der Waals surface area contributed by atoms with Crippen molar-refractivity contribution in [2.75, 3.05) is 0 Å². The molecule has 174 valence electrons. The van der Waals surface area contributed by atoms with Gasteiger partial charge in [-0.2, -0.15) is 0 Å². The topological polar surface area (TPSA) is 76.9 Å². The van der Waals surface area contributed by atoms with Crippen molar-refractivity contribution < 1.29 is 8.42 Å². The summed E-state index contributed by atoms with van der Waals surface area (Å²) < 4.78 is 31.8. The first kappa shape index (κ1) is 23.6. The summed E-state index contributed by atoms with van der Waals surface area (Å²) >= 11 is 1.37. The van der Waals surface area contributed by atoms with E-state index in [1.165, 1.54) is 11.3 Å². The molecule has 8 heteroatoms. The molecule has 0 saturated carbocycles. The third kappa shape index (κ3) is 5.51. The first-order valence-electron chi connectivity index (χ1n) is 11.0. The molecule has 4 rings (SSSR count). The molecule has 0 radical (unpaired) electrons. The van der Waals surface area contributed by atoms with Gasteiger partial charge in [0.2, 0.25) is 0 Å². The van der Waals surface area contributed by atoms with Crippen LogP contribution in [0.1, 0.15) is 45.1 Å². The van der Waals surface area contributed by atoms with Crippen molar-refractivity contribution in [1.29, 1.82) is 0 Å². The Kier molecular flexibility index (Phi) is 6.44. The van der Waals surface area contributed by atoms with Crippen LogP contribution in [0.2, 0.25) is 0 Å². The predicted octanol–water partition coefficient (Wildman–Crippen LogP) is 5.48. The zero-order valence-corrected chi connectivity index (χ0v) is 21.3. The number of sulfonamides is 1. The number of imidazole rings is 1. The van der Waals surface area contributed by atoms with Crippen LogP contribution < -0.4 is 4.72 Å². The number of nitrogens with zero attached hydrogens (tertiary/aromatic N) is 3. The normalized spacial score (nSPS) is 12.7. The zero-order valence-electron chi connectivity index (χ0n) is 19.7. The number of pyridine rings is 1. The summed E-state index contributed by atoms with van der Waals surface area (Å²) in [6.45, 7) is 10.5. The van der Waals surface area contributed by atoms with Gasteiger partial charge < -0.3 is 4.57 Å². The Morgan fingerprint density at radius 2 is 1.88 bits per heavy atom. The highest BCUT2D eigenvalue weighted by Gasteiger charge is 2.28. The molecule has 0 amide bonds. The highest BCUT2D eigenvalue weighted by atomic mass is 32.2. The molecule has 3 aromatic heterocycles. The smallest absolute Gasteiger partial charge is 0.251 e. The minimum Gasteiger partial charge on any atom is -0.311 e. The van der Waals surface area contributed by atoms with Crippen LogP contribution in [0.4, 0.5) is 0 Å². The average Bonchev–Trinajstić information content (AvgIpc) is 3.31. The minimum atomic E-state index is -3.66. The minimum absolute atomic E-state index is 0.375. The summed E-state index contributed by atoms with van der Waals surface area (Å²) in [6.07, 6.45) is 4.39. The number of hydrogen-bond donors (Lipinski definition) is 1. The lowest BCUT2D eigenvalue weighted by Gasteiger charge is -2.20. The SMILES string of the molecule is CC(C)Cc1cc(-c2cccc(Cn3cnc4cccnc43)c2)c(S(=O)(=O)NC(C)(C)C)s1. The van der Waals surface area contributed by atoms with Crippen LogP contribution in [0, 0.1) is 5.92 Å². The third-order valence-electron chi connectivity index (χ3n) is 5.01. The fourth-order valence-electron chi connectivity index (χ4n) is 3.82. The molecule has 0 fully saturated rings. The fraction of sp³-hybridized carbons (Fsp3) is 0.360. The van der Waals surface area contributed by atoms with Gasteiger partial charge >= 0.3 is 0 Å². The maximum Gasteiger partial charge on any atom is 0.251 e. The van der Waals surface area contributed by atoms with E-state index < -0.39 is 15.6 Å². The van der Waals surface area contributed by atoms with E-state index in [0.29, 0.717) is 16.7 Å². The van der Waals surface area contributed by atoms with Crippen LogP contribution in [-0.4, -0.2) is 28.5 Å². The van der Waals surface area contributed by atoms with E-state index in [2.05, 4.69) is 34.6 Å². The molecule has 0 saturated heterocycles. The van der Waals surface area contributed by atoms with Crippen LogP contribution in [0.3, 0.4) is 0 Å². The van der Waals surface area contributed by atoms with Gasteiger partial charge in [0.15, 0.2) is 5.65 Å². The molecule has 1 aromatic carbocycles. The molecular weight excluding hydrogens is 452 g/mol. The van der Waals surface area contributed by atoms with Crippen molar-refractivity contribution in [3.05, 3.63) is 65.4 Å². The van der Waals surface area contributed by atoms with Crippen molar-refractivity contribution in [2.45, 2.75) is 57.3 Å². The molecule has 0 spiro atoms. The van der Waals surface area contributed by atoms with Crippen molar-refractivity contribution in [1.82, 2.24) is 19.3 Å². The van der Waals surface area contributed by atoms with Gasteiger partial charge in [0.1, 0.15) is 9.73 Å². The van der Waals surface area contributed by atoms with Crippen LogP contribution in [0.15, 0.2) is 59.2 Å². The molecule has 3 heterocycles. The molecule has 0 bridgehead atoms. The van der Waals surface area contributed by atoms with Crippen LogP contribution in [0.5, 0.6) is 0 Å². The molecular formula is C25H30N4O2S2. The number of benzene rings is 1. The van der Waals surface area contributed by atoms with Crippen LogP contribution in [-0.2, 0) is 23.0 Å². The number of hydrogen-bond acceptors (Lipinski definition) is 5. The standard InChI is InChI=1S/C25H30N4O2S2/c1-17(2)12-20-14-21(24(32-20)33(30,31)28-25(3,4)5)19-9-6-8-18(13-19)15-29-16-27-22-10-7-11-26-23(22)29/h6-11,13-14,16-17,28H,12,15H2,1-5H3. The van der Waals surface area contributed by atoms with E-state index >= 15 is 0 Å². The molecule has 0 aliphatic carbocycles. The molecule has 0 unspecified atom stereocenters. The van der Waals surface area contributed by atoms with Gasteiger partial charge in [0.25, 0.3) is 10.0 Å². The molecule has 0 aliphatic rings. The predicted molar refractivity (Wildman–Crippen MR) is 135 cm³/mol. The Morgan fingerprint density at radius 3 is 2.61 bits per heavy atom. The lowest BCUT2D eigenvalue weighted by molar-refractivity contribution is 0.493. The molecule has 0 atom stereocenters. The van der Waals surface area contributed by atoms with E-state index in [-0.39, 0.29) is 0 Å². The number of aromatic nitrogens is 3. The maximum atomic E-state index is 13.3. The van der Waals surface area contributed by atoms with E-state index in [4.69, 9.17) is 0 Å². The van der Waals surface area contributed by atoms with Crippen molar-refractivity contribution in [3.8, 4) is 11.1 Å². The summed E-state index contributed by atoms with van der Waals surface area (Å²) in [5.41, 5.74) is 3.83. The molecule has 6 nitrogen and oxygen atoms in total. The number of rotatable bonds is 7. The summed E-state index contributed by atoms with van der Waals surface area (Å²) in [5, 5.41) is 0. The van der Waals surface area contributed by atoms with Gasteiger partial charge in [0, 0.05) is 22.2 Å². The van der Waals surface area contributed by atoms with Gasteiger partial charge in [0.05, 0.1) is 12.9 Å². The van der Waals surface area contributed by atoms with E-state index in [1.54, 1.807) is 12.5 Å². The van der Waals surface area contributed by atoms with Crippen molar-refractivity contribution in [3.63, 3.8) is 0 Å². The molecule has 4 aromatic rings. The molecule has 0 aliphatic heterocycles. The number of thiophene rings is 1. The second-order valence-corrected chi connectivity index (χ2v) is 12.8. The molecule has 33 heavy (non-hydrogen) atoms. The lowest BCUT2D eigenvalue weighted by Crippen LogP contribution is -2.40. The molecule has 1 N–H and O–H groups in total.